The molecule has 2 aliphatic rings. The molecule has 9 nitrogen and oxygen atoms in total. The second kappa shape index (κ2) is 9.30. The number of carbonyl (C=O) groups excluding carboxylic acids is 2. The first-order valence-electron chi connectivity index (χ1n) is 10.9. The van der Waals surface area contributed by atoms with Crippen LogP contribution in [0.4, 0.5) is 20.6 Å². The van der Waals surface area contributed by atoms with E-state index in [9.17, 15) is 9.59 Å². The monoisotopic (exact) mass is 484 g/mol. The lowest BCUT2D eigenvalue weighted by molar-refractivity contribution is 0.0746. The summed E-state index contributed by atoms with van der Waals surface area (Å²) in [4.78, 5) is 30.1. The van der Waals surface area contributed by atoms with Gasteiger partial charge in [-0.3, -0.25) is 9.69 Å². The van der Waals surface area contributed by atoms with Crippen molar-refractivity contribution in [2.45, 2.75) is 12.6 Å². The number of anilines is 2. The van der Waals surface area contributed by atoms with Gasteiger partial charge in [-0.1, -0.05) is 28.9 Å². The maximum Gasteiger partial charge on any atom is 0.414 e. The van der Waals surface area contributed by atoms with Crippen LogP contribution in [0.25, 0.3) is 0 Å². The molecule has 11 heteroatoms. The second-order valence-corrected chi connectivity index (χ2v) is 8.54. The molecule has 2 aromatic carbocycles. The van der Waals surface area contributed by atoms with Crippen molar-refractivity contribution in [1.82, 2.24) is 19.9 Å². The summed E-state index contributed by atoms with van der Waals surface area (Å²) in [6.45, 7) is 2.54. The van der Waals surface area contributed by atoms with Crippen molar-refractivity contribution in [1.29, 1.82) is 0 Å². The highest BCUT2D eigenvalue weighted by atomic mass is 35.5. The van der Waals surface area contributed by atoms with E-state index in [0.29, 0.717) is 61.2 Å². The number of carbonyl (C=O) groups is 2. The van der Waals surface area contributed by atoms with Gasteiger partial charge in [0.05, 0.1) is 41.2 Å². The van der Waals surface area contributed by atoms with Crippen LogP contribution >= 0.6 is 11.6 Å². The molecule has 3 heterocycles. The number of hydrogen-bond acceptors (Lipinski definition) is 6. The SMILES string of the molecule is O=C(c1ccccc1Cl)N1CCN(c2ccc(N3C[C@H](Cn4ccnn4)OC3=O)cc2F)CC1. The zero-order chi connectivity index (χ0) is 23.7. The molecule has 0 N–H and O–H groups in total. The molecule has 2 saturated heterocycles. The van der Waals surface area contributed by atoms with Crippen molar-refractivity contribution in [3.05, 3.63) is 71.3 Å². The van der Waals surface area contributed by atoms with E-state index >= 15 is 4.39 Å². The van der Waals surface area contributed by atoms with Gasteiger partial charge in [0.2, 0.25) is 0 Å². The quantitative estimate of drug-likeness (QED) is 0.553. The Balaban J connectivity index is 1.22. The Morgan fingerprint density at radius 1 is 1.15 bits per heavy atom. The molecule has 0 aliphatic carbocycles. The fraction of sp³-hybridized carbons (Fsp3) is 0.304. The van der Waals surface area contributed by atoms with Crippen molar-refractivity contribution in [3.8, 4) is 0 Å². The van der Waals surface area contributed by atoms with E-state index in [1.807, 2.05) is 4.90 Å². The molecule has 3 aromatic rings. The molecule has 0 radical (unpaired) electrons. The fourth-order valence-corrected chi connectivity index (χ4v) is 4.46. The van der Waals surface area contributed by atoms with Crippen LogP contribution in [-0.2, 0) is 11.3 Å². The zero-order valence-corrected chi connectivity index (χ0v) is 18.9. The predicted molar refractivity (Wildman–Crippen MR) is 124 cm³/mol. The summed E-state index contributed by atoms with van der Waals surface area (Å²) in [5.74, 6) is -0.565. The molecule has 0 saturated carbocycles. The van der Waals surface area contributed by atoms with Crippen LogP contribution in [0.2, 0.25) is 5.02 Å². The number of hydrogen-bond donors (Lipinski definition) is 0. The maximum atomic E-state index is 15.1. The Kier molecular flexibility index (Phi) is 6.06. The van der Waals surface area contributed by atoms with Crippen LogP contribution in [-0.4, -0.2) is 70.7 Å². The van der Waals surface area contributed by atoms with E-state index in [1.54, 1.807) is 58.4 Å². The number of ether oxygens (including phenoxy) is 1. The van der Waals surface area contributed by atoms with Gasteiger partial charge in [-0.2, -0.15) is 0 Å². The molecule has 176 valence electrons. The molecular weight excluding hydrogens is 463 g/mol. The van der Waals surface area contributed by atoms with Crippen molar-refractivity contribution < 1.29 is 18.7 Å². The summed E-state index contributed by atoms with van der Waals surface area (Å²) in [7, 11) is 0. The van der Waals surface area contributed by atoms with E-state index < -0.39 is 18.0 Å². The third kappa shape index (κ3) is 4.41. The molecule has 5 rings (SSSR count). The summed E-state index contributed by atoms with van der Waals surface area (Å²) >= 11 is 6.16. The predicted octanol–water partition coefficient (Wildman–Crippen LogP) is 3.06. The standard InChI is InChI=1S/C23H22ClFN6O3/c24-19-4-2-1-3-18(19)22(32)29-11-9-28(10-12-29)21-6-5-16(13-20(21)25)31-15-17(34-23(31)33)14-30-8-7-26-27-30/h1-8,13,17H,9-12,14-15H2/t17-/m0/s1. The number of nitrogens with zero attached hydrogens (tertiary/aromatic N) is 6. The summed E-state index contributed by atoms with van der Waals surface area (Å²) in [6.07, 6.45) is 2.31. The number of amides is 2. The van der Waals surface area contributed by atoms with Gasteiger partial charge in [-0.05, 0) is 30.3 Å². The minimum absolute atomic E-state index is 0.130. The minimum Gasteiger partial charge on any atom is -0.442 e. The molecule has 2 aliphatic heterocycles. The zero-order valence-electron chi connectivity index (χ0n) is 18.2. The summed E-state index contributed by atoms with van der Waals surface area (Å²) < 4.78 is 22.0. The highest BCUT2D eigenvalue weighted by Gasteiger charge is 2.33. The number of rotatable bonds is 5. The fourth-order valence-electron chi connectivity index (χ4n) is 4.24. The molecule has 0 spiro atoms. The average Bonchev–Trinajstić information content (AvgIpc) is 3.48. The first kappa shape index (κ1) is 22.1. The van der Waals surface area contributed by atoms with Crippen molar-refractivity contribution >= 4 is 35.0 Å². The van der Waals surface area contributed by atoms with Gasteiger partial charge in [-0.25, -0.2) is 13.9 Å². The third-order valence-corrected chi connectivity index (χ3v) is 6.32. The lowest BCUT2D eigenvalue weighted by Gasteiger charge is -2.36. The van der Waals surface area contributed by atoms with Gasteiger partial charge in [0.15, 0.2) is 0 Å². The highest BCUT2D eigenvalue weighted by molar-refractivity contribution is 6.33. The minimum atomic E-state index is -0.524. The van der Waals surface area contributed by atoms with Gasteiger partial charge >= 0.3 is 6.09 Å². The van der Waals surface area contributed by atoms with Crippen LogP contribution in [0.15, 0.2) is 54.9 Å². The number of benzene rings is 2. The van der Waals surface area contributed by atoms with Crippen LogP contribution in [0.3, 0.4) is 0 Å². The van der Waals surface area contributed by atoms with Gasteiger partial charge < -0.3 is 14.5 Å². The average molecular weight is 485 g/mol. The van der Waals surface area contributed by atoms with E-state index in [1.165, 1.54) is 11.0 Å². The van der Waals surface area contributed by atoms with Crippen LogP contribution in [0.1, 0.15) is 10.4 Å². The maximum absolute atomic E-state index is 15.1. The lowest BCUT2D eigenvalue weighted by Crippen LogP contribution is -2.49. The molecule has 0 bridgehead atoms. The molecule has 2 amide bonds. The number of cyclic esters (lactones) is 1. The first-order chi connectivity index (χ1) is 16.5. The Labute approximate surface area is 200 Å². The smallest absolute Gasteiger partial charge is 0.414 e. The second-order valence-electron chi connectivity index (χ2n) is 8.14. The van der Waals surface area contributed by atoms with Crippen LogP contribution in [0, 0.1) is 5.82 Å². The molecular formula is C23H22ClFN6O3. The van der Waals surface area contributed by atoms with Gasteiger partial charge in [0, 0.05) is 32.4 Å². The Morgan fingerprint density at radius 3 is 2.65 bits per heavy atom. The van der Waals surface area contributed by atoms with Crippen molar-refractivity contribution in [3.63, 3.8) is 0 Å². The third-order valence-electron chi connectivity index (χ3n) is 5.99. The topological polar surface area (TPSA) is 83.8 Å². The number of halogens is 2. The molecule has 1 aromatic heterocycles. The largest absolute Gasteiger partial charge is 0.442 e. The van der Waals surface area contributed by atoms with Gasteiger partial charge in [-0.15, -0.1) is 5.10 Å². The van der Waals surface area contributed by atoms with Crippen LogP contribution in [0.5, 0.6) is 0 Å². The van der Waals surface area contributed by atoms with E-state index in [4.69, 9.17) is 16.3 Å². The van der Waals surface area contributed by atoms with Gasteiger partial charge in [0.1, 0.15) is 11.9 Å². The lowest BCUT2D eigenvalue weighted by atomic mass is 10.1. The molecule has 0 unspecified atom stereocenters. The van der Waals surface area contributed by atoms with Crippen LogP contribution < -0.4 is 9.80 Å². The molecule has 34 heavy (non-hydrogen) atoms. The van der Waals surface area contributed by atoms with E-state index in [-0.39, 0.29) is 5.91 Å². The number of aromatic nitrogens is 3. The van der Waals surface area contributed by atoms with Crippen molar-refractivity contribution in [2.24, 2.45) is 0 Å². The Morgan fingerprint density at radius 2 is 1.94 bits per heavy atom. The summed E-state index contributed by atoms with van der Waals surface area (Å²) in [5.41, 5.74) is 1.33. The van der Waals surface area contributed by atoms with E-state index in [0.717, 1.165) is 0 Å². The molecule has 1 atom stereocenters. The molecule has 2 fully saturated rings. The van der Waals surface area contributed by atoms with E-state index in [2.05, 4.69) is 10.3 Å². The number of piperazine rings is 1. The Bertz CT molecular complexity index is 1200. The normalized spacial score (nSPS) is 18.4. The summed E-state index contributed by atoms with van der Waals surface area (Å²) in [6, 6.07) is 11.7. The Hall–Kier alpha value is -3.66. The van der Waals surface area contributed by atoms with Crippen molar-refractivity contribution in [2.75, 3.05) is 42.5 Å². The van der Waals surface area contributed by atoms with Gasteiger partial charge in [0.25, 0.3) is 5.91 Å². The summed E-state index contributed by atoms with van der Waals surface area (Å²) in [5, 5.41) is 8.03. The highest BCUT2D eigenvalue weighted by Crippen LogP contribution is 2.29. The first-order valence-corrected chi connectivity index (χ1v) is 11.3.